The van der Waals surface area contributed by atoms with Gasteiger partial charge < -0.3 is 19.3 Å². The van der Waals surface area contributed by atoms with Gasteiger partial charge in [0.05, 0.1) is 19.6 Å². The van der Waals surface area contributed by atoms with Crippen molar-refractivity contribution in [2.75, 3.05) is 33.4 Å². The lowest BCUT2D eigenvalue weighted by Crippen LogP contribution is -2.43. The average molecular weight is 460 g/mol. The highest BCUT2D eigenvalue weighted by molar-refractivity contribution is 5.89. The first-order chi connectivity index (χ1) is 15.1. The Morgan fingerprint density at radius 2 is 1.84 bits per heavy atom. The summed E-state index contributed by atoms with van der Waals surface area (Å²) >= 11 is 0. The van der Waals surface area contributed by atoms with E-state index >= 15 is 0 Å². The van der Waals surface area contributed by atoms with Crippen LogP contribution in [0.4, 0.5) is 0 Å². The van der Waals surface area contributed by atoms with Crippen LogP contribution >= 0.6 is 12.4 Å². The highest BCUT2D eigenvalue weighted by Crippen LogP contribution is 2.26. The summed E-state index contributed by atoms with van der Waals surface area (Å²) in [6, 6.07) is 11.4. The number of pyridine rings is 1. The van der Waals surface area contributed by atoms with E-state index in [9.17, 15) is 9.59 Å². The van der Waals surface area contributed by atoms with Gasteiger partial charge in [-0.1, -0.05) is 6.07 Å². The molecule has 0 spiro atoms. The highest BCUT2D eigenvalue weighted by Gasteiger charge is 2.37. The predicted molar refractivity (Wildman–Crippen MR) is 123 cm³/mol. The van der Waals surface area contributed by atoms with Crippen molar-refractivity contribution in [1.82, 2.24) is 14.8 Å². The van der Waals surface area contributed by atoms with Crippen LogP contribution in [0.25, 0.3) is 0 Å². The Morgan fingerprint density at radius 1 is 1.12 bits per heavy atom. The molecule has 2 aliphatic heterocycles. The van der Waals surface area contributed by atoms with E-state index in [1.807, 2.05) is 41.3 Å². The van der Waals surface area contributed by atoms with E-state index in [2.05, 4.69) is 4.98 Å². The van der Waals surface area contributed by atoms with E-state index in [1.54, 1.807) is 24.4 Å². The van der Waals surface area contributed by atoms with Gasteiger partial charge in [0, 0.05) is 45.0 Å². The number of benzene rings is 1. The van der Waals surface area contributed by atoms with E-state index in [-0.39, 0.29) is 30.1 Å². The lowest BCUT2D eigenvalue weighted by atomic mass is 9.96. The zero-order valence-corrected chi connectivity index (χ0v) is 19.1. The molecule has 1 aromatic heterocycles. The van der Waals surface area contributed by atoms with E-state index in [4.69, 9.17) is 9.47 Å². The molecule has 0 radical (unpaired) electrons. The third kappa shape index (κ3) is 5.91. The van der Waals surface area contributed by atoms with E-state index in [0.29, 0.717) is 32.0 Å². The van der Waals surface area contributed by atoms with Crippen molar-refractivity contribution < 1.29 is 19.1 Å². The topological polar surface area (TPSA) is 72.0 Å². The Bertz CT molecular complexity index is 886. The molecule has 1 unspecified atom stereocenters. The van der Waals surface area contributed by atoms with Gasteiger partial charge in [0.15, 0.2) is 0 Å². The number of methoxy groups -OCH3 is 1. The molecule has 2 aliphatic rings. The number of carbonyl (C=O) groups is 2. The number of nitrogens with zero attached hydrogens (tertiary/aromatic N) is 3. The SMILES string of the molecule is COc1ccc(OCC2CCN(C(=O)C3CC(=O)N(Cc4cccnc4)C3)CC2)cc1.Cl. The Hall–Kier alpha value is -2.80. The van der Waals surface area contributed by atoms with Crippen LogP contribution in [0.1, 0.15) is 24.8 Å². The number of likely N-dealkylation sites (tertiary alicyclic amines) is 2. The highest BCUT2D eigenvalue weighted by atomic mass is 35.5. The molecule has 2 aromatic rings. The van der Waals surface area contributed by atoms with Crippen LogP contribution in [0.15, 0.2) is 48.8 Å². The second kappa shape index (κ2) is 11.2. The van der Waals surface area contributed by atoms with Crippen LogP contribution in [0.3, 0.4) is 0 Å². The molecule has 7 nitrogen and oxygen atoms in total. The van der Waals surface area contributed by atoms with Crippen molar-refractivity contribution in [2.45, 2.75) is 25.8 Å². The first kappa shape index (κ1) is 23.9. The molecular weight excluding hydrogens is 430 g/mol. The zero-order valence-electron chi connectivity index (χ0n) is 18.3. The van der Waals surface area contributed by atoms with Crippen LogP contribution in [0.2, 0.25) is 0 Å². The Kier molecular flexibility index (Phi) is 8.33. The molecule has 4 rings (SSSR count). The monoisotopic (exact) mass is 459 g/mol. The molecule has 8 heteroatoms. The third-order valence-electron chi connectivity index (χ3n) is 6.13. The molecule has 0 N–H and O–H groups in total. The number of carbonyl (C=O) groups excluding carboxylic acids is 2. The van der Waals surface area contributed by atoms with Gasteiger partial charge >= 0.3 is 0 Å². The summed E-state index contributed by atoms with van der Waals surface area (Å²) in [4.78, 5) is 33.2. The molecule has 3 heterocycles. The molecule has 0 aliphatic carbocycles. The molecule has 0 bridgehead atoms. The fourth-order valence-electron chi connectivity index (χ4n) is 4.27. The quantitative estimate of drug-likeness (QED) is 0.636. The number of amides is 2. The summed E-state index contributed by atoms with van der Waals surface area (Å²) in [7, 11) is 1.64. The molecule has 2 saturated heterocycles. The summed E-state index contributed by atoms with van der Waals surface area (Å²) in [5, 5.41) is 0. The maximum absolute atomic E-state index is 13.0. The van der Waals surface area contributed by atoms with Crippen molar-refractivity contribution in [2.24, 2.45) is 11.8 Å². The largest absolute Gasteiger partial charge is 0.497 e. The van der Waals surface area contributed by atoms with E-state index in [1.165, 1.54) is 0 Å². The molecule has 0 saturated carbocycles. The first-order valence-electron chi connectivity index (χ1n) is 10.8. The van der Waals surface area contributed by atoms with Gasteiger partial charge in [-0.15, -0.1) is 12.4 Å². The summed E-state index contributed by atoms with van der Waals surface area (Å²) < 4.78 is 11.1. The molecular formula is C24H30ClN3O4. The molecule has 172 valence electrons. The van der Waals surface area contributed by atoms with Crippen molar-refractivity contribution in [1.29, 1.82) is 0 Å². The number of rotatable bonds is 7. The summed E-state index contributed by atoms with van der Waals surface area (Å²) in [6.07, 6.45) is 5.62. The number of aromatic nitrogens is 1. The predicted octanol–water partition coefficient (Wildman–Crippen LogP) is 3.18. The van der Waals surface area contributed by atoms with Gasteiger partial charge in [-0.25, -0.2) is 0 Å². The molecule has 1 atom stereocenters. The van der Waals surface area contributed by atoms with Crippen LogP contribution in [0.5, 0.6) is 11.5 Å². The minimum Gasteiger partial charge on any atom is -0.497 e. The number of ether oxygens (including phenoxy) is 2. The fraction of sp³-hybridized carbons (Fsp3) is 0.458. The van der Waals surface area contributed by atoms with Crippen molar-refractivity contribution >= 4 is 24.2 Å². The number of hydrogen-bond acceptors (Lipinski definition) is 5. The fourth-order valence-corrected chi connectivity index (χ4v) is 4.27. The van der Waals surface area contributed by atoms with Crippen molar-refractivity contribution in [3.05, 3.63) is 54.4 Å². The molecule has 32 heavy (non-hydrogen) atoms. The maximum atomic E-state index is 13.0. The molecule has 1 aromatic carbocycles. The minimum absolute atomic E-state index is 0. The number of hydrogen-bond donors (Lipinski definition) is 0. The second-order valence-electron chi connectivity index (χ2n) is 8.29. The number of halogens is 1. The standard InChI is InChI=1S/C24H29N3O4.ClH/c1-30-21-4-6-22(7-5-21)31-17-18-8-11-26(12-9-18)24(29)20-13-23(28)27(16-20)15-19-3-2-10-25-14-19;/h2-7,10,14,18,20H,8-9,11-13,15-17H2,1H3;1H. The van der Waals surface area contributed by atoms with Crippen LogP contribution in [0, 0.1) is 11.8 Å². The Morgan fingerprint density at radius 3 is 2.50 bits per heavy atom. The summed E-state index contributed by atoms with van der Waals surface area (Å²) in [5.74, 6) is 1.98. The Balaban J connectivity index is 0.00000289. The van der Waals surface area contributed by atoms with Crippen LogP contribution < -0.4 is 9.47 Å². The Labute approximate surface area is 195 Å². The van der Waals surface area contributed by atoms with Crippen LogP contribution in [-0.2, 0) is 16.1 Å². The average Bonchev–Trinajstić information content (AvgIpc) is 3.18. The lowest BCUT2D eigenvalue weighted by Gasteiger charge is -2.33. The first-order valence-corrected chi connectivity index (χ1v) is 10.8. The van der Waals surface area contributed by atoms with Crippen molar-refractivity contribution in [3.63, 3.8) is 0 Å². The lowest BCUT2D eigenvalue weighted by molar-refractivity contribution is -0.137. The smallest absolute Gasteiger partial charge is 0.227 e. The third-order valence-corrected chi connectivity index (χ3v) is 6.13. The van der Waals surface area contributed by atoms with Gasteiger partial charge in [-0.05, 0) is 54.7 Å². The zero-order chi connectivity index (χ0) is 21.6. The number of piperidine rings is 1. The summed E-state index contributed by atoms with van der Waals surface area (Å²) in [5.41, 5.74) is 0.988. The van der Waals surface area contributed by atoms with E-state index < -0.39 is 0 Å². The second-order valence-corrected chi connectivity index (χ2v) is 8.29. The van der Waals surface area contributed by atoms with Gasteiger partial charge in [0.1, 0.15) is 11.5 Å². The minimum atomic E-state index is -0.240. The maximum Gasteiger partial charge on any atom is 0.227 e. The van der Waals surface area contributed by atoms with Gasteiger partial charge in [0.25, 0.3) is 0 Å². The van der Waals surface area contributed by atoms with Gasteiger partial charge in [-0.2, -0.15) is 0 Å². The van der Waals surface area contributed by atoms with Gasteiger partial charge in [-0.3, -0.25) is 14.6 Å². The van der Waals surface area contributed by atoms with Crippen LogP contribution in [-0.4, -0.2) is 59.9 Å². The van der Waals surface area contributed by atoms with E-state index in [0.717, 1.165) is 43.0 Å². The van der Waals surface area contributed by atoms with Gasteiger partial charge in [0.2, 0.25) is 11.8 Å². The molecule has 2 fully saturated rings. The molecule has 2 amide bonds. The van der Waals surface area contributed by atoms with Crippen molar-refractivity contribution in [3.8, 4) is 11.5 Å². The summed E-state index contributed by atoms with van der Waals surface area (Å²) in [6.45, 7) is 3.11. The normalized spacial score (nSPS) is 18.9.